The Hall–Kier alpha value is -4.05. The molecule has 8 heteroatoms. The van der Waals surface area contributed by atoms with Crippen LogP contribution in [0.4, 0.5) is 4.79 Å². The molecule has 230 valence electrons. The summed E-state index contributed by atoms with van der Waals surface area (Å²) in [6.45, 7) is 2.70. The van der Waals surface area contributed by atoms with Gasteiger partial charge in [0.05, 0.1) is 33.0 Å². The maximum absolute atomic E-state index is 12.0. The first kappa shape index (κ1) is 31.4. The third kappa shape index (κ3) is 8.75. The average molecular weight is 599 g/mol. The normalized spacial score (nSPS) is 23.2. The van der Waals surface area contributed by atoms with Gasteiger partial charge in [-0.3, -0.25) is 0 Å². The Morgan fingerprint density at radius 2 is 1.05 bits per heavy atom. The Labute approximate surface area is 258 Å². The molecule has 4 aromatic carbocycles. The van der Waals surface area contributed by atoms with Crippen molar-refractivity contribution in [1.82, 2.24) is 0 Å². The molecule has 1 aliphatic heterocycles. The highest BCUT2D eigenvalue weighted by Crippen LogP contribution is 2.38. The summed E-state index contributed by atoms with van der Waals surface area (Å²) in [7, 11) is 0. The lowest BCUT2D eigenvalue weighted by atomic mass is 9.92. The standard InChI is InChI=1S/C36H38O8/c1-36(44-35(37)38)34(42-25-30-20-12-5-13-21-30)33(41-24-29-18-10-4-11-19-29)32(40-23-28-16-8-3-9-17-28)31(43-36)26-39-22-27-14-6-2-7-15-27/h2-21,31-34H,22-26H2,1H3,(H,37,38)/t31-,32+,33+,34-,36?/m1/s1. The lowest BCUT2D eigenvalue weighted by Gasteiger charge is -2.50. The molecule has 5 atom stereocenters. The smallest absolute Gasteiger partial charge is 0.450 e. The Morgan fingerprint density at radius 3 is 1.50 bits per heavy atom. The largest absolute Gasteiger partial charge is 0.508 e. The molecule has 1 N–H and O–H groups in total. The average Bonchev–Trinajstić information content (AvgIpc) is 3.04. The van der Waals surface area contributed by atoms with Crippen molar-refractivity contribution in [2.45, 2.75) is 63.6 Å². The van der Waals surface area contributed by atoms with E-state index in [9.17, 15) is 9.90 Å². The summed E-state index contributed by atoms with van der Waals surface area (Å²) < 4.78 is 37.6. The highest BCUT2D eigenvalue weighted by molar-refractivity contribution is 5.57. The van der Waals surface area contributed by atoms with E-state index >= 15 is 0 Å². The Balaban J connectivity index is 1.46. The molecule has 8 nitrogen and oxygen atoms in total. The van der Waals surface area contributed by atoms with E-state index in [1.807, 2.05) is 121 Å². The number of rotatable bonds is 14. The van der Waals surface area contributed by atoms with Gasteiger partial charge in [0.2, 0.25) is 5.79 Å². The molecule has 0 bridgehead atoms. The molecule has 0 amide bonds. The van der Waals surface area contributed by atoms with Gasteiger partial charge in [0.25, 0.3) is 0 Å². The molecule has 1 heterocycles. The predicted molar refractivity (Wildman–Crippen MR) is 164 cm³/mol. The number of carbonyl (C=O) groups is 1. The van der Waals surface area contributed by atoms with E-state index in [-0.39, 0.29) is 26.4 Å². The molecule has 1 unspecified atom stereocenters. The summed E-state index contributed by atoms with van der Waals surface area (Å²) in [4.78, 5) is 12.0. The van der Waals surface area contributed by atoms with Crippen molar-refractivity contribution in [3.63, 3.8) is 0 Å². The molecule has 4 aromatic rings. The monoisotopic (exact) mass is 598 g/mol. The molecular weight excluding hydrogens is 560 g/mol. The Kier molecular flexibility index (Phi) is 11.1. The Bertz CT molecular complexity index is 1400. The van der Waals surface area contributed by atoms with Crippen LogP contribution >= 0.6 is 0 Å². The second-order valence-electron chi connectivity index (χ2n) is 10.8. The number of hydrogen-bond donors (Lipinski definition) is 1. The van der Waals surface area contributed by atoms with Crippen molar-refractivity contribution in [1.29, 1.82) is 0 Å². The van der Waals surface area contributed by atoms with Crippen LogP contribution in [0.3, 0.4) is 0 Å². The fraction of sp³-hybridized carbons (Fsp3) is 0.306. The molecule has 5 rings (SSSR count). The summed E-state index contributed by atoms with van der Waals surface area (Å²) in [6, 6.07) is 38.9. The third-order valence-electron chi connectivity index (χ3n) is 7.42. The number of benzene rings is 4. The zero-order valence-electron chi connectivity index (χ0n) is 24.7. The maximum Gasteiger partial charge on any atom is 0.508 e. The van der Waals surface area contributed by atoms with Gasteiger partial charge in [-0.1, -0.05) is 121 Å². The van der Waals surface area contributed by atoms with E-state index in [1.54, 1.807) is 6.92 Å². The minimum atomic E-state index is -1.73. The van der Waals surface area contributed by atoms with Crippen molar-refractivity contribution in [2.24, 2.45) is 0 Å². The van der Waals surface area contributed by atoms with Gasteiger partial charge in [0.15, 0.2) is 6.10 Å². The lowest BCUT2D eigenvalue weighted by molar-refractivity contribution is -0.363. The second-order valence-corrected chi connectivity index (χ2v) is 10.8. The third-order valence-corrected chi connectivity index (χ3v) is 7.42. The van der Waals surface area contributed by atoms with Gasteiger partial charge < -0.3 is 33.5 Å². The molecule has 1 saturated heterocycles. The Morgan fingerprint density at radius 1 is 0.636 bits per heavy atom. The second kappa shape index (κ2) is 15.6. The SMILES string of the molecule is CC1(OC(=O)O)O[C@H](COCc2ccccc2)[C@H](OCc2ccccc2)[C@H](OCc2ccccc2)[C@H]1OCc1ccccc1. The topological polar surface area (TPSA) is 92.7 Å². The zero-order chi connectivity index (χ0) is 30.6. The number of carboxylic acid groups (broad SMARTS) is 1. The van der Waals surface area contributed by atoms with Crippen LogP contribution in [0.2, 0.25) is 0 Å². The van der Waals surface area contributed by atoms with Gasteiger partial charge in [-0.2, -0.15) is 0 Å². The van der Waals surface area contributed by atoms with Gasteiger partial charge in [0.1, 0.15) is 18.3 Å². The summed E-state index contributed by atoms with van der Waals surface area (Å²) in [5.74, 6) is -1.73. The molecule has 0 aromatic heterocycles. The first-order valence-electron chi connectivity index (χ1n) is 14.7. The molecular formula is C36H38O8. The molecule has 0 aliphatic carbocycles. The van der Waals surface area contributed by atoms with E-state index < -0.39 is 36.4 Å². The summed E-state index contributed by atoms with van der Waals surface area (Å²) in [5.41, 5.74) is 3.81. The molecule has 44 heavy (non-hydrogen) atoms. The van der Waals surface area contributed by atoms with Crippen molar-refractivity contribution in [3.05, 3.63) is 144 Å². The van der Waals surface area contributed by atoms with Crippen LogP contribution in [0.1, 0.15) is 29.2 Å². The van der Waals surface area contributed by atoms with Gasteiger partial charge in [-0.15, -0.1) is 0 Å². The van der Waals surface area contributed by atoms with Crippen LogP contribution in [0.15, 0.2) is 121 Å². The van der Waals surface area contributed by atoms with E-state index in [2.05, 4.69) is 0 Å². The van der Waals surface area contributed by atoms with Gasteiger partial charge in [0, 0.05) is 6.92 Å². The highest BCUT2D eigenvalue weighted by Gasteiger charge is 2.57. The molecule has 0 spiro atoms. The van der Waals surface area contributed by atoms with Gasteiger partial charge >= 0.3 is 6.16 Å². The van der Waals surface area contributed by atoms with Crippen LogP contribution in [0.25, 0.3) is 0 Å². The minimum absolute atomic E-state index is 0.101. The first-order chi connectivity index (χ1) is 21.5. The fourth-order valence-corrected chi connectivity index (χ4v) is 5.29. The zero-order valence-corrected chi connectivity index (χ0v) is 24.7. The van der Waals surface area contributed by atoms with Crippen LogP contribution in [0, 0.1) is 0 Å². The van der Waals surface area contributed by atoms with Crippen molar-refractivity contribution in [3.8, 4) is 0 Å². The number of hydrogen-bond acceptors (Lipinski definition) is 7. The highest BCUT2D eigenvalue weighted by atomic mass is 16.8. The van der Waals surface area contributed by atoms with Crippen molar-refractivity contribution < 1.29 is 38.3 Å². The lowest BCUT2D eigenvalue weighted by Crippen LogP contribution is -2.67. The van der Waals surface area contributed by atoms with Gasteiger partial charge in [-0.05, 0) is 22.3 Å². The van der Waals surface area contributed by atoms with Crippen molar-refractivity contribution in [2.75, 3.05) is 6.61 Å². The fourth-order valence-electron chi connectivity index (χ4n) is 5.29. The molecule has 0 radical (unpaired) electrons. The summed E-state index contributed by atoms with van der Waals surface area (Å²) in [5, 5.41) is 9.80. The minimum Gasteiger partial charge on any atom is -0.450 e. The maximum atomic E-state index is 12.0. The van der Waals surface area contributed by atoms with E-state index in [1.165, 1.54) is 0 Å². The number of ether oxygens (including phenoxy) is 6. The molecule has 0 saturated carbocycles. The summed E-state index contributed by atoms with van der Waals surface area (Å²) in [6.07, 6.45) is -4.69. The summed E-state index contributed by atoms with van der Waals surface area (Å²) >= 11 is 0. The van der Waals surface area contributed by atoms with Crippen LogP contribution < -0.4 is 0 Å². The quantitative estimate of drug-likeness (QED) is 0.159. The molecule has 1 fully saturated rings. The van der Waals surface area contributed by atoms with E-state index in [4.69, 9.17) is 28.4 Å². The van der Waals surface area contributed by atoms with Crippen LogP contribution in [0.5, 0.6) is 0 Å². The first-order valence-corrected chi connectivity index (χ1v) is 14.7. The molecule has 1 aliphatic rings. The van der Waals surface area contributed by atoms with E-state index in [0.29, 0.717) is 6.61 Å². The van der Waals surface area contributed by atoms with Crippen molar-refractivity contribution >= 4 is 6.16 Å². The van der Waals surface area contributed by atoms with E-state index in [0.717, 1.165) is 22.3 Å². The van der Waals surface area contributed by atoms with Crippen LogP contribution in [-0.4, -0.2) is 48.1 Å². The predicted octanol–water partition coefficient (Wildman–Crippen LogP) is 6.77. The van der Waals surface area contributed by atoms with Gasteiger partial charge in [-0.25, -0.2) is 4.79 Å². The van der Waals surface area contributed by atoms with Crippen LogP contribution in [-0.2, 0) is 54.8 Å².